The minimum Gasteiger partial charge on any atom is -0.462 e. The number of ether oxygens (including phenoxy) is 3. The summed E-state index contributed by atoms with van der Waals surface area (Å²) in [6, 6.07) is 0. The van der Waals surface area contributed by atoms with E-state index in [4.69, 9.17) is 14.2 Å². The normalized spacial score (nSPS) is 12.0. The van der Waals surface area contributed by atoms with Crippen molar-refractivity contribution in [2.75, 3.05) is 13.2 Å². The molecule has 0 fully saturated rings. The summed E-state index contributed by atoms with van der Waals surface area (Å²) in [6.07, 6.45) is 48.0. The van der Waals surface area contributed by atoms with Crippen molar-refractivity contribution < 1.29 is 28.6 Å². The first-order chi connectivity index (χ1) is 27.0. The van der Waals surface area contributed by atoms with Gasteiger partial charge in [-0.3, -0.25) is 9.59 Å². The topological polar surface area (TPSA) is 78.9 Å². The first-order valence-electron chi connectivity index (χ1n) is 24.2. The van der Waals surface area contributed by atoms with E-state index in [2.05, 4.69) is 20.8 Å². The second-order valence-corrected chi connectivity index (χ2v) is 16.4. The van der Waals surface area contributed by atoms with Crippen LogP contribution in [0.4, 0.5) is 0 Å². The minimum absolute atomic E-state index is 0.0865. The molecule has 0 amide bonds. The van der Waals surface area contributed by atoms with Gasteiger partial charge in [0.15, 0.2) is 6.10 Å². The third kappa shape index (κ3) is 43.1. The Labute approximate surface area is 341 Å². The van der Waals surface area contributed by atoms with Gasteiger partial charge >= 0.3 is 17.9 Å². The van der Waals surface area contributed by atoms with Gasteiger partial charge in [-0.1, -0.05) is 232 Å². The standard InChI is InChI=1S/C49H92O6/c1-4-7-10-13-16-19-22-23-24-25-28-30-33-36-39-42-48(51)54-45-46(55-49(52)43-40-37-34-31-27-21-18-15-12-9-6-3)44-53-47(50)41-38-35-32-29-26-20-17-14-11-8-5-2/h39,42,46H,4-38,40-41,43-45H2,1-3H3. The molecule has 0 aliphatic carbocycles. The lowest BCUT2D eigenvalue weighted by atomic mass is 10.0. The summed E-state index contributed by atoms with van der Waals surface area (Å²) >= 11 is 0. The van der Waals surface area contributed by atoms with Gasteiger partial charge in [0.2, 0.25) is 0 Å². The van der Waals surface area contributed by atoms with Crippen molar-refractivity contribution in [1.82, 2.24) is 0 Å². The van der Waals surface area contributed by atoms with Crippen LogP contribution in [0.15, 0.2) is 12.2 Å². The molecule has 6 nitrogen and oxygen atoms in total. The Kier molecular flexibility index (Phi) is 43.4. The van der Waals surface area contributed by atoms with Crippen LogP contribution >= 0.6 is 0 Å². The van der Waals surface area contributed by atoms with Crippen LogP contribution in [0.2, 0.25) is 0 Å². The summed E-state index contributed by atoms with van der Waals surface area (Å²) in [7, 11) is 0. The molecule has 0 aromatic rings. The van der Waals surface area contributed by atoms with Crippen molar-refractivity contribution in [2.24, 2.45) is 0 Å². The van der Waals surface area contributed by atoms with E-state index in [0.29, 0.717) is 12.8 Å². The maximum Gasteiger partial charge on any atom is 0.330 e. The first kappa shape index (κ1) is 53.1. The number of hydrogen-bond donors (Lipinski definition) is 0. The zero-order valence-electron chi connectivity index (χ0n) is 37.0. The highest BCUT2D eigenvalue weighted by Crippen LogP contribution is 2.16. The average molecular weight is 777 g/mol. The quantitative estimate of drug-likeness (QED) is 0.0265. The molecule has 0 N–H and O–H groups in total. The molecule has 0 heterocycles. The fourth-order valence-electron chi connectivity index (χ4n) is 7.17. The highest BCUT2D eigenvalue weighted by molar-refractivity contribution is 5.81. The third-order valence-electron chi connectivity index (χ3n) is 10.8. The molecule has 0 spiro atoms. The Morgan fingerprint density at radius 3 is 1.07 bits per heavy atom. The molecule has 1 atom stereocenters. The molecule has 0 radical (unpaired) electrons. The summed E-state index contributed by atoms with van der Waals surface area (Å²) in [5.74, 6) is -1.06. The Balaban J connectivity index is 4.36. The molecule has 0 aromatic carbocycles. The monoisotopic (exact) mass is 777 g/mol. The molecule has 0 rings (SSSR count). The number of allylic oxidation sites excluding steroid dienone is 1. The molecule has 55 heavy (non-hydrogen) atoms. The van der Waals surface area contributed by atoms with Crippen molar-refractivity contribution in [1.29, 1.82) is 0 Å². The van der Waals surface area contributed by atoms with E-state index < -0.39 is 12.1 Å². The molecule has 1 unspecified atom stereocenters. The molecule has 6 heteroatoms. The van der Waals surface area contributed by atoms with Crippen molar-refractivity contribution in [3.63, 3.8) is 0 Å². The van der Waals surface area contributed by atoms with Gasteiger partial charge in [0.05, 0.1) is 0 Å². The Bertz CT molecular complexity index is 854. The van der Waals surface area contributed by atoms with Crippen LogP contribution in [0.1, 0.15) is 265 Å². The van der Waals surface area contributed by atoms with E-state index >= 15 is 0 Å². The van der Waals surface area contributed by atoms with Crippen LogP contribution < -0.4 is 0 Å². The summed E-state index contributed by atoms with van der Waals surface area (Å²) in [5, 5.41) is 0. The molecule has 0 bridgehead atoms. The summed E-state index contributed by atoms with van der Waals surface area (Å²) in [6.45, 7) is 6.57. The van der Waals surface area contributed by atoms with E-state index in [1.165, 1.54) is 186 Å². The van der Waals surface area contributed by atoms with Crippen molar-refractivity contribution >= 4 is 17.9 Å². The molecule has 0 saturated heterocycles. The van der Waals surface area contributed by atoms with E-state index in [-0.39, 0.29) is 25.2 Å². The SMILES string of the molecule is CCCCCCCCCCCCCCCC=CC(=O)OCC(COC(=O)CCCCCCCCCCCCC)OC(=O)CCCCCCCCCCCCC. The number of carbonyl (C=O) groups is 3. The molecule has 0 aromatic heterocycles. The Morgan fingerprint density at radius 2 is 0.691 bits per heavy atom. The fraction of sp³-hybridized carbons (Fsp3) is 0.898. The number of unbranched alkanes of at least 4 members (excludes halogenated alkanes) is 33. The maximum absolute atomic E-state index is 12.7. The van der Waals surface area contributed by atoms with Crippen LogP contribution in [0, 0.1) is 0 Å². The fourth-order valence-corrected chi connectivity index (χ4v) is 7.17. The van der Waals surface area contributed by atoms with Gasteiger partial charge in [-0.05, 0) is 25.7 Å². The Hall–Kier alpha value is -1.85. The van der Waals surface area contributed by atoms with Crippen LogP contribution in [0.3, 0.4) is 0 Å². The predicted octanol–water partition coefficient (Wildman–Crippen LogP) is 15.4. The number of carbonyl (C=O) groups excluding carboxylic acids is 3. The largest absolute Gasteiger partial charge is 0.462 e. The lowest BCUT2D eigenvalue weighted by molar-refractivity contribution is -0.165. The van der Waals surface area contributed by atoms with Crippen LogP contribution in [0.5, 0.6) is 0 Å². The van der Waals surface area contributed by atoms with E-state index in [9.17, 15) is 14.4 Å². The van der Waals surface area contributed by atoms with Crippen molar-refractivity contribution in [3.05, 3.63) is 12.2 Å². The zero-order chi connectivity index (χ0) is 40.1. The van der Waals surface area contributed by atoms with Crippen LogP contribution in [-0.2, 0) is 28.6 Å². The number of hydrogen-bond acceptors (Lipinski definition) is 6. The molecular weight excluding hydrogens is 685 g/mol. The molecular formula is C49H92O6. The van der Waals surface area contributed by atoms with Gasteiger partial charge in [-0.15, -0.1) is 0 Å². The van der Waals surface area contributed by atoms with Gasteiger partial charge < -0.3 is 14.2 Å². The Morgan fingerprint density at radius 1 is 0.382 bits per heavy atom. The summed E-state index contributed by atoms with van der Waals surface area (Å²) < 4.78 is 16.6. The lowest BCUT2D eigenvalue weighted by Crippen LogP contribution is -2.30. The highest BCUT2D eigenvalue weighted by Gasteiger charge is 2.19. The van der Waals surface area contributed by atoms with Crippen molar-refractivity contribution in [2.45, 2.75) is 271 Å². The van der Waals surface area contributed by atoms with Crippen molar-refractivity contribution in [3.8, 4) is 0 Å². The molecule has 0 aliphatic rings. The zero-order valence-corrected chi connectivity index (χ0v) is 37.0. The second kappa shape index (κ2) is 44.9. The first-order valence-corrected chi connectivity index (χ1v) is 24.2. The lowest BCUT2D eigenvalue weighted by Gasteiger charge is -2.18. The average Bonchev–Trinajstić information content (AvgIpc) is 3.18. The van der Waals surface area contributed by atoms with Gasteiger partial charge in [0.1, 0.15) is 13.2 Å². The van der Waals surface area contributed by atoms with Crippen LogP contribution in [-0.4, -0.2) is 37.2 Å². The van der Waals surface area contributed by atoms with E-state index in [0.717, 1.165) is 51.4 Å². The summed E-state index contributed by atoms with van der Waals surface area (Å²) in [5.41, 5.74) is 0. The number of rotatable bonds is 44. The molecule has 0 saturated carbocycles. The van der Waals surface area contributed by atoms with Crippen LogP contribution in [0.25, 0.3) is 0 Å². The second-order valence-electron chi connectivity index (χ2n) is 16.4. The minimum atomic E-state index is -0.792. The molecule has 0 aliphatic heterocycles. The van der Waals surface area contributed by atoms with Gasteiger partial charge in [0.25, 0.3) is 0 Å². The predicted molar refractivity (Wildman–Crippen MR) is 233 cm³/mol. The van der Waals surface area contributed by atoms with Gasteiger partial charge in [-0.2, -0.15) is 0 Å². The van der Waals surface area contributed by atoms with E-state index in [1.807, 2.05) is 6.08 Å². The van der Waals surface area contributed by atoms with Gasteiger partial charge in [-0.25, -0.2) is 4.79 Å². The maximum atomic E-state index is 12.7. The van der Waals surface area contributed by atoms with Gasteiger partial charge in [0, 0.05) is 18.9 Å². The van der Waals surface area contributed by atoms with E-state index in [1.54, 1.807) is 0 Å². The summed E-state index contributed by atoms with van der Waals surface area (Å²) in [4.78, 5) is 37.7. The third-order valence-corrected chi connectivity index (χ3v) is 10.8. The molecule has 324 valence electrons. The number of esters is 3. The highest BCUT2D eigenvalue weighted by atomic mass is 16.6. The smallest absolute Gasteiger partial charge is 0.330 e.